The average Bonchev–Trinajstić information content (AvgIpc) is 3.07. The monoisotopic (exact) mass is 650 g/mol. The highest BCUT2D eigenvalue weighted by atomic mass is 16.2. The first-order valence-corrected chi connectivity index (χ1v) is 15.3. The number of nitrogens with two attached hydrogens (primary N) is 1. The number of nitrogens with one attached hydrogen (secondary N) is 2. The number of rotatable bonds is 11. The van der Waals surface area contributed by atoms with Crippen molar-refractivity contribution in [2.24, 2.45) is 10.7 Å². The zero-order valence-electron chi connectivity index (χ0n) is 29.0. The van der Waals surface area contributed by atoms with E-state index in [4.69, 9.17) is 10.7 Å². The molecule has 0 aliphatic rings. The minimum Gasteiger partial charge on any atom is -0.400 e. The van der Waals surface area contributed by atoms with Gasteiger partial charge in [-0.05, 0) is 107 Å². The first-order chi connectivity index (χ1) is 22.9. The molecule has 0 aliphatic heterocycles. The normalized spacial score (nSPS) is 11.6. The second-order valence-corrected chi connectivity index (χ2v) is 11.0. The summed E-state index contributed by atoms with van der Waals surface area (Å²) in [6.45, 7) is 8.37. The summed E-state index contributed by atoms with van der Waals surface area (Å²) >= 11 is 0. The van der Waals surface area contributed by atoms with Crippen LogP contribution in [0.15, 0.2) is 95.0 Å². The Balaban J connectivity index is 0.000000886. The number of aromatic nitrogens is 1. The van der Waals surface area contributed by atoms with E-state index in [1.54, 1.807) is 31.5 Å². The Hall–Kier alpha value is -5.73. The zero-order chi connectivity index (χ0) is 35.6. The highest BCUT2D eigenvalue weighted by Gasteiger charge is 2.24. The fraction of sp³-hybridized carbons (Fsp3) is 0.270. The van der Waals surface area contributed by atoms with Gasteiger partial charge in [0.05, 0.1) is 12.2 Å². The summed E-state index contributed by atoms with van der Waals surface area (Å²) < 4.78 is 0. The van der Waals surface area contributed by atoms with Gasteiger partial charge >= 0.3 is 0 Å². The molecule has 252 valence electrons. The summed E-state index contributed by atoms with van der Waals surface area (Å²) in [4.78, 5) is 49.1. The predicted molar refractivity (Wildman–Crippen MR) is 197 cm³/mol. The van der Waals surface area contributed by atoms with Gasteiger partial charge in [-0.1, -0.05) is 24.5 Å². The Morgan fingerprint density at radius 3 is 2.29 bits per heavy atom. The second-order valence-electron chi connectivity index (χ2n) is 11.0. The molecule has 0 spiro atoms. The van der Waals surface area contributed by atoms with E-state index in [1.807, 2.05) is 107 Å². The SMILES string of the molecule is CC/C(C)=C/N=C(/C(=C(\C)N)N(C)c1ccc(C(=O)Nc2cc(C)ccn2)cc1)N(C=O)c1cccc(NC)c1.CN(C)CC#CC=O. The number of aldehydes is 1. The van der Waals surface area contributed by atoms with Crippen molar-refractivity contribution < 1.29 is 14.4 Å². The van der Waals surface area contributed by atoms with Crippen molar-refractivity contribution in [2.75, 3.05) is 55.2 Å². The number of hydrogen-bond acceptors (Lipinski definition) is 9. The molecule has 0 atom stereocenters. The molecule has 48 heavy (non-hydrogen) atoms. The van der Waals surface area contributed by atoms with Crippen LogP contribution in [-0.4, -0.2) is 69.1 Å². The Bertz CT molecular complexity index is 1700. The van der Waals surface area contributed by atoms with Gasteiger partial charge in [-0.15, -0.1) is 0 Å². The molecule has 4 N–H and O–H groups in total. The van der Waals surface area contributed by atoms with E-state index in [1.165, 1.54) is 4.90 Å². The zero-order valence-corrected chi connectivity index (χ0v) is 29.0. The lowest BCUT2D eigenvalue weighted by Gasteiger charge is -2.29. The molecule has 2 amide bonds. The van der Waals surface area contributed by atoms with Crippen molar-refractivity contribution in [3.05, 3.63) is 101 Å². The van der Waals surface area contributed by atoms with Crippen molar-refractivity contribution in [1.82, 2.24) is 9.88 Å². The van der Waals surface area contributed by atoms with Gasteiger partial charge in [0.2, 0.25) is 6.41 Å². The van der Waals surface area contributed by atoms with E-state index < -0.39 is 0 Å². The van der Waals surface area contributed by atoms with E-state index in [9.17, 15) is 14.4 Å². The summed E-state index contributed by atoms with van der Waals surface area (Å²) in [5.41, 5.74) is 12.2. The molecule has 1 heterocycles. The number of aryl methyl sites for hydroxylation is 1. The molecule has 0 bridgehead atoms. The van der Waals surface area contributed by atoms with Gasteiger partial charge in [-0.25, -0.2) is 9.98 Å². The number of allylic oxidation sites excluding steroid dienone is 2. The van der Waals surface area contributed by atoms with Gasteiger partial charge in [0, 0.05) is 49.1 Å². The van der Waals surface area contributed by atoms with Crippen molar-refractivity contribution in [3.8, 4) is 11.8 Å². The molecule has 0 fully saturated rings. The van der Waals surface area contributed by atoms with Crippen molar-refractivity contribution in [1.29, 1.82) is 0 Å². The molecule has 1 aromatic heterocycles. The van der Waals surface area contributed by atoms with E-state index >= 15 is 0 Å². The summed E-state index contributed by atoms with van der Waals surface area (Å²) in [6.07, 6.45) is 5.54. The quantitative estimate of drug-likeness (QED) is 0.108. The van der Waals surface area contributed by atoms with Crippen molar-refractivity contribution in [2.45, 2.75) is 34.1 Å². The number of pyridine rings is 1. The molecule has 0 saturated carbocycles. The third-order valence-electron chi connectivity index (χ3n) is 6.86. The lowest BCUT2D eigenvalue weighted by Crippen LogP contribution is -2.38. The fourth-order valence-electron chi connectivity index (χ4n) is 4.14. The number of benzene rings is 2. The number of likely N-dealkylation sites (N-methyl/N-ethyl adjacent to an activating group) is 1. The highest BCUT2D eigenvalue weighted by Crippen LogP contribution is 2.26. The Morgan fingerprint density at radius 2 is 1.73 bits per heavy atom. The molecule has 3 rings (SSSR count). The summed E-state index contributed by atoms with van der Waals surface area (Å²) in [5, 5.41) is 5.92. The Morgan fingerprint density at radius 1 is 1.02 bits per heavy atom. The number of nitrogens with zero attached hydrogens (tertiary/aromatic N) is 5. The van der Waals surface area contributed by atoms with E-state index in [2.05, 4.69) is 27.5 Å². The molecule has 0 unspecified atom stereocenters. The van der Waals surface area contributed by atoms with Crippen LogP contribution < -0.4 is 26.2 Å². The topological polar surface area (TPSA) is 136 Å². The first kappa shape index (κ1) is 38.5. The van der Waals surface area contributed by atoms with Crippen LogP contribution >= 0.6 is 0 Å². The van der Waals surface area contributed by atoms with Crippen LogP contribution in [0.1, 0.15) is 43.1 Å². The van der Waals surface area contributed by atoms with Gasteiger partial charge in [0.15, 0.2) is 12.1 Å². The lowest BCUT2D eigenvalue weighted by molar-refractivity contribution is -0.106. The van der Waals surface area contributed by atoms with Gasteiger partial charge in [0.1, 0.15) is 11.5 Å². The number of carbonyl (C=O) groups excluding carboxylic acids is 3. The van der Waals surface area contributed by atoms with Gasteiger partial charge in [-0.2, -0.15) is 0 Å². The summed E-state index contributed by atoms with van der Waals surface area (Å²) in [5.74, 6) is 5.54. The first-order valence-electron chi connectivity index (χ1n) is 15.3. The van der Waals surface area contributed by atoms with Gasteiger partial charge in [-0.3, -0.25) is 24.2 Å². The maximum Gasteiger partial charge on any atom is 0.256 e. The van der Waals surface area contributed by atoms with Crippen LogP contribution in [0, 0.1) is 18.8 Å². The Labute approximate surface area is 284 Å². The smallest absolute Gasteiger partial charge is 0.256 e. The third kappa shape index (κ3) is 11.9. The number of hydrogen-bond donors (Lipinski definition) is 3. The molecule has 0 aliphatic carbocycles. The van der Waals surface area contributed by atoms with Crippen LogP contribution in [-0.2, 0) is 9.59 Å². The summed E-state index contributed by atoms with van der Waals surface area (Å²) in [6, 6.07) is 18.2. The number of amidine groups is 1. The van der Waals surface area contributed by atoms with Gasteiger partial charge < -0.3 is 21.3 Å². The lowest BCUT2D eigenvalue weighted by atomic mass is 10.1. The number of aliphatic imine (C=N–C) groups is 1. The summed E-state index contributed by atoms with van der Waals surface area (Å²) in [7, 11) is 7.46. The van der Waals surface area contributed by atoms with Crippen LogP contribution in [0.2, 0.25) is 0 Å². The van der Waals surface area contributed by atoms with E-state index in [0.717, 1.165) is 35.3 Å². The maximum absolute atomic E-state index is 12.8. The minimum absolute atomic E-state index is 0.267. The largest absolute Gasteiger partial charge is 0.400 e. The molecule has 0 saturated heterocycles. The molecule has 0 radical (unpaired) electrons. The predicted octanol–water partition coefficient (Wildman–Crippen LogP) is 5.44. The molecule has 11 nitrogen and oxygen atoms in total. The second kappa shape index (κ2) is 19.7. The standard InChI is InChI=1S/C31H37N7O2.C6H9NO/c1-7-21(2)19-35-30(38(20-39)27-10-8-9-25(18-27)33-5)29(23(4)32)37(6)26-13-11-24(12-14-26)31(40)36-28-17-22(3)15-16-34-28;1-7(2)5-3-4-6-8/h8-20,33H,7,32H2,1-6H3,(H,34,36,40);6H,5H2,1-2H3/b21-19+,29-23-,35-30-;. The van der Waals surface area contributed by atoms with Crippen LogP contribution in [0.3, 0.4) is 0 Å². The third-order valence-corrected chi connectivity index (χ3v) is 6.86. The molecule has 11 heteroatoms. The minimum atomic E-state index is -0.267. The molecular weight excluding hydrogens is 604 g/mol. The molecule has 2 aromatic carbocycles. The fourth-order valence-corrected chi connectivity index (χ4v) is 4.14. The number of anilines is 4. The molecular formula is C37H46N8O3. The Kier molecular flexibility index (Phi) is 15.8. The van der Waals surface area contributed by atoms with Crippen LogP contribution in [0.25, 0.3) is 0 Å². The van der Waals surface area contributed by atoms with Crippen LogP contribution in [0.5, 0.6) is 0 Å². The van der Waals surface area contributed by atoms with Crippen molar-refractivity contribution >= 4 is 47.3 Å². The van der Waals surface area contributed by atoms with Crippen molar-refractivity contribution in [3.63, 3.8) is 0 Å². The average molecular weight is 651 g/mol. The van der Waals surface area contributed by atoms with Gasteiger partial charge in [0.25, 0.3) is 5.91 Å². The highest BCUT2D eigenvalue weighted by molar-refractivity contribution is 6.20. The van der Waals surface area contributed by atoms with E-state index in [-0.39, 0.29) is 5.91 Å². The number of carbonyl (C=O) groups is 3. The molecule has 3 aromatic rings. The van der Waals surface area contributed by atoms with E-state index in [0.29, 0.717) is 47.1 Å². The maximum atomic E-state index is 12.8. The number of amides is 2. The van der Waals surface area contributed by atoms with Crippen LogP contribution in [0.4, 0.5) is 22.9 Å².